The van der Waals surface area contributed by atoms with Crippen molar-refractivity contribution in [3.8, 4) is 0 Å². The molecule has 1 saturated carbocycles. The summed E-state index contributed by atoms with van der Waals surface area (Å²) in [5.74, 6) is 0.790. The van der Waals surface area contributed by atoms with E-state index in [4.69, 9.17) is 10.2 Å². The molecule has 1 rings (SSSR count). The Morgan fingerprint density at radius 2 is 1.77 bits per heavy atom. The summed E-state index contributed by atoms with van der Waals surface area (Å²) in [6.07, 6.45) is 8.63. The highest BCUT2D eigenvalue weighted by molar-refractivity contribution is 5.64. The molecule has 0 atom stereocenters. The highest BCUT2D eigenvalue weighted by Crippen LogP contribution is 2.30. The first-order valence-electron chi connectivity index (χ1n) is 8.87. The minimum Gasteiger partial charge on any atom is -0.465 e. The lowest BCUT2D eigenvalue weighted by Gasteiger charge is -2.33. The van der Waals surface area contributed by atoms with Crippen LogP contribution in [0.15, 0.2) is 0 Å². The van der Waals surface area contributed by atoms with E-state index in [1.54, 1.807) is 7.05 Å². The molecule has 0 radical (unpaired) electrons. The molecule has 22 heavy (non-hydrogen) atoms. The zero-order chi connectivity index (χ0) is 16.4. The van der Waals surface area contributed by atoms with E-state index >= 15 is 0 Å². The van der Waals surface area contributed by atoms with E-state index < -0.39 is 6.09 Å². The van der Waals surface area contributed by atoms with Gasteiger partial charge in [0.15, 0.2) is 0 Å². The number of rotatable bonds is 10. The molecule has 0 aromatic carbocycles. The molecule has 0 unspecified atom stereocenters. The number of aliphatic hydroxyl groups excluding tert-OH is 1. The largest absolute Gasteiger partial charge is 0.465 e. The van der Waals surface area contributed by atoms with Gasteiger partial charge in [0.2, 0.25) is 0 Å². The van der Waals surface area contributed by atoms with Crippen LogP contribution in [0.3, 0.4) is 0 Å². The zero-order valence-electron chi connectivity index (χ0n) is 14.3. The van der Waals surface area contributed by atoms with Crippen LogP contribution in [-0.2, 0) is 0 Å². The Bertz CT molecular complexity index is 304. The molecule has 0 aromatic heterocycles. The van der Waals surface area contributed by atoms with E-state index in [0.29, 0.717) is 0 Å². The van der Waals surface area contributed by atoms with Gasteiger partial charge < -0.3 is 20.0 Å². The van der Waals surface area contributed by atoms with Gasteiger partial charge in [-0.05, 0) is 51.1 Å². The van der Waals surface area contributed by atoms with Crippen LogP contribution >= 0.6 is 0 Å². The molecule has 0 aromatic rings. The maximum Gasteiger partial charge on any atom is 0.407 e. The van der Waals surface area contributed by atoms with Gasteiger partial charge in [-0.15, -0.1) is 0 Å². The number of aliphatic hydroxyl groups is 1. The van der Waals surface area contributed by atoms with Crippen LogP contribution in [0.25, 0.3) is 0 Å². The fraction of sp³-hybridized carbons (Fsp3) is 0.941. The number of carbonyl (C=O) groups is 1. The van der Waals surface area contributed by atoms with Gasteiger partial charge in [0.25, 0.3) is 0 Å². The van der Waals surface area contributed by atoms with Crippen molar-refractivity contribution in [2.24, 2.45) is 5.92 Å². The number of hydrogen-bond donors (Lipinski definition) is 2. The molecule has 0 saturated heterocycles. The summed E-state index contributed by atoms with van der Waals surface area (Å²) in [7, 11) is 1.69. The van der Waals surface area contributed by atoms with E-state index in [9.17, 15) is 4.79 Å². The molecule has 130 valence electrons. The summed E-state index contributed by atoms with van der Waals surface area (Å²) in [4.78, 5) is 14.7. The molecule has 5 nitrogen and oxygen atoms in total. The predicted octanol–water partition coefficient (Wildman–Crippen LogP) is 3.03. The molecule has 1 aliphatic rings. The molecular formula is C17H34N2O3. The second-order valence-corrected chi connectivity index (χ2v) is 6.58. The van der Waals surface area contributed by atoms with Crippen LogP contribution in [0, 0.1) is 5.92 Å². The Hall–Kier alpha value is -0.810. The normalized spacial score (nSPS) is 22.0. The van der Waals surface area contributed by atoms with Crippen LogP contribution in [0.5, 0.6) is 0 Å². The third kappa shape index (κ3) is 6.97. The van der Waals surface area contributed by atoms with Gasteiger partial charge in [-0.3, -0.25) is 0 Å². The van der Waals surface area contributed by atoms with Gasteiger partial charge in [0.1, 0.15) is 0 Å². The van der Waals surface area contributed by atoms with E-state index in [1.807, 2.05) is 0 Å². The number of nitrogens with zero attached hydrogens (tertiary/aromatic N) is 2. The standard InChI is InChI=1S/C17H34N2O3/c1-3-19(13-14-20)12-6-4-5-7-15-8-10-16(11-9-15)18(2)17(21)22/h15-16,20H,3-14H2,1-2H3,(H,21,22). The zero-order valence-corrected chi connectivity index (χ0v) is 14.3. The molecule has 5 heteroatoms. The Balaban J connectivity index is 2.06. The summed E-state index contributed by atoms with van der Waals surface area (Å²) in [6, 6.07) is 0.227. The van der Waals surface area contributed by atoms with Crippen molar-refractivity contribution in [3.05, 3.63) is 0 Å². The number of amides is 1. The fourth-order valence-electron chi connectivity index (χ4n) is 3.49. The van der Waals surface area contributed by atoms with Gasteiger partial charge in [0, 0.05) is 19.6 Å². The summed E-state index contributed by atoms with van der Waals surface area (Å²) in [5, 5.41) is 18.0. The Kier molecular flexibility index (Phi) is 9.48. The third-order valence-electron chi connectivity index (χ3n) is 5.12. The third-order valence-corrected chi connectivity index (χ3v) is 5.12. The number of hydrogen-bond acceptors (Lipinski definition) is 3. The first-order valence-corrected chi connectivity index (χ1v) is 8.87. The summed E-state index contributed by atoms with van der Waals surface area (Å²) >= 11 is 0. The average Bonchev–Trinajstić information content (AvgIpc) is 2.53. The van der Waals surface area contributed by atoms with E-state index in [-0.39, 0.29) is 12.6 Å². The lowest BCUT2D eigenvalue weighted by Crippen LogP contribution is -2.38. The van der Waals surface area contributed by atoms with Gasteiger partial charge in [0.05, 0.1) is 6.61 Å². The molecule has 0 aliphatic heterocycles. The lowest BCUT2D eigenvalue weighted by atomic mass is 9.82. The molecule has 2 N–H and O–H groups in total. The number of carboxylic acid groups (broad SMARTS) is 1. The first kappa shape index (κ1) is 19.2. The van der Waals surface area contributed by atoms with Gasteiger partial charge >= 0.3 is 6.09 Å². The van der Waals surface area contributed by atoms with Crippen LogP contribution in [0.1, 0.15) is 58.3 Å². The molecule has 1 fully saturated rings. The summed E-state index contributed by atoms with van der Waals surface area (Å²) in [5.41, 5.74) is 0. The maximum absolute atomic E-state index is 11.0. The molecule has 0 heterocycles. The van der Waals surface area contributed by atoms with Crippen LogP contribution < -0.4 is 0 Å². The van der Waals surface area contributed by atoms with Crippen molar-refractivity contribution in [1.82, 2.24) is 9.80 Å². The topological polar surface area (TPSA) is 64.0 Å². The van der Waals surface area contributed by atoms with E-state index in [1.165, 1.54) is 43.4 Å². The Morgan fingerprint density at radius 1 is 1.09 bits per heavy atom. The van der Waals surface area contributed by atoms with Gasteiger partial charge in [-0.25, -0.2) is 4.79 Å². The van der Waals surface area contributed by atoms with Crippen molar-refractivity contribution in [2.45, 2.75) is 64.3 Å². The predicted molar refractivity (Wildman–Crippen MR) is 89.2 cm³/mol. The molecule has 1 aliphatic carbocycles. The van der Waals surface area contributed by atoms with Crippen LogP contribution in [0.4, 0.5) is 4.79 Å². The van der Waals surface area contributed by atoms with Gasteiger partial charge in [-0.2, -0.15) is 0 Å². The van der Waals surface area contributed by atoms with Crippen molar-refractivity contribution >= 4 is 6.09 Å². The lowest BCUT2D eigenvalue weighted by molar-refractivity contribution is 0.117. The minimum atomic E-state index is -0.799. The second-order valence-electron chi connectivity index (χ2n) is 6.58. The smallest absolute Gasteiger partial charge is 0.407 e. The van der Waals surface area contributed by atoms with E-state index in [0.717, 1.165) is 38.4 Å². The second kappa shape index (κ2) is 10.8. The van der Waals surface area contributed by atoms with Gasteiger partial charge in [-0.1, -0.05) is 26.2 Å². The fourth-order valence-corrected chi connectivity index (χ4v) is 3.49. The molecule has 1 amide bonds. The van der Waals surface area contributed by atoms with Crippen molar-refractivity contribution in [1.29, 1.82) is 0 Å². The highest BCUT2D eigenvalue weighted by Gasteiger charge is 2.25. The first-order chi connectivity index (χ1) is 10.6. The quantitative estimate of drug-likeness (QED) is 0.608. The van der Waals surface area contributed by atoms with E-state index in [2.05, 4.69) is 11.8 Å². The molecule has 0 spiro atoms. The Labute approximate surface area is 135 Å². The Morgan fingerprint density at radius 3 is 2.32 bits per heavy atom. The number of unbranched alkanes of at least 4 members (excludes halogenated alkanes) is 2. The monoisotopic (exact) mass is 314 g/mol. The SMILES string of the molecule is CCN(CCO)CCCCCC1CCC(N(C)C(=O)O)CC1. The number of likely N-dealkylation sites (N-methyl/N-ethyl adjacent to an activating group) is 1. The summed E-state index contributed by atoms with van der Waals surface area (Å²) < 4.78 is 0. The van der Waals surface area contributed by atoms with Crippen LogP contribution in [-0.4, -0.2) is 65.4 Å². The average molecular weight is 314 g/mol. The van der Waals surface area contributed by atoms with Crippen LogP contribution in [0.2, 0.25) is 0 Å². The van der Waals surface area contributed by atoms with Crippen molar-refractivity contribution in [3.63, 3.8) is 0 Å². The maximum atomic E-state index is 11.0. The van der Waals surface area contributed by atoms with Crippen molar-refractivity contribution < 1.29 is 15.0 Å². The minimum absolute atomic E-state index is 0.227. The highest BCUT2D eigenvalue weighted by atomic mass is 16.4. The molecule has 0 bridgehead atoms. The molecular weight excluding hydrogens is 280 g/mol. The van der Waals surface area contributed by atoms with Crippen molar-refractivity contribution in [2.75, 3.05) is 33.3 Å². The summed E-state index contributed by atoms with van der Waals surface area (Å²) in [6.45, 7) is 5.29.